The molecule has 0 unspecified atom stereocenters. The normalized spacial score (nSPS) is 10.6. The molecule has 5 heteroatoms. The first-order valence-corrected chi connectivity index (χ1v) is 6.07. The average Bonchev–Trinajstić information content (AvgIpc) is 2.30. The Labute approximate surface area is 107 Å². The zero-order valence-electron chi connectivity index (χ0n) is 9.43. The average molecular weight is 307 g/mol. The Balaban J connectivity index is 2.68. The largest absolute Gasteiger partial charge is 0.381 e. The number of rotatable bonds is 6. The summed E-state index contributed by atoms with van der Waals surface area (Å²) < 4.78 is 32.0. The molecule has 17 heavy (non-hydrogen) atoms. The number of carbonyl (C=O) groups excluding carboxylic acids is 1. The van der Waals surface area contributed by atoms with Gasteiger partial charge in [-0.25, -0.2) is 8.78 Å². The highest BCUT2D eigenvalue weighted by atomic mass is 79.9. The van der Waals surface area contributed by atoms with Crippen molar-refractivity contribution in [3.05, 3.63) is 33.8 Å². The molecule has 0 saturated heterocycles. The molecule has 0 atom stereocenters. The number of Topliss-reactive ketones (excluding diaryl/α,β-unsaturated/α-hetero) is 1. The predicted molar refractivity (Wildman–Crippen MR) is 63.9 cm³/mol. The maximum absolute atomic E-state index is 13.5. The molecular weight excluding hydrogens is 294 g/mol. The molecule has 0 aliphatic heterocycles. The van der Waals surface area contributed by atoms with Gasteiger partial charge in [0, 0.05) is 25.0 Å². The minimum Gasteiger partial charge on any atom is -0.381 e. The summed E-state index contributed by atoms with van der Waals surface area (Å²) in [6.45, 7) is 2.62. The molecule has 0 fully saturated rings. The Morgan fingerprint density at radius 1 is 1.41 bits per heavy atom. The monoisotopic (exact) mass is 306 g/mol. The topological polar surface area (TPSA) is 26.3 Å². The Bertz CT molecular complexity index is 408. The molecule has 1 aromatic carbocycles. The van der Waals surface area contributed by atoms with Crippen molar-refractivity contribution in [2.75, 3.05) is 13.2 Å². The number of ether oxygens (including phenoxy) is 1. The summed E-state index contributed by atoms with van der Waals surface area (Å²) in [5, 5.41) is 0. The molecule has 1 aromatic rings. The van der Waals surface area contributed by atoms with Crippen molar-refractivity contribution in [2.24, 2.45) is 0 Å². The molecule has 0 N–H and O–H groups in total. The van der Waals surface area contributed by atoms with E-state index in [1.54, 1.807) is 0 Å². The van der Waals surface area contributed by atoms with Crippen LogP contribution >= 0.6 is 15.9 Å². The van der Waals surface area contributed by atoms with Gasteiger partial charge < -0.3 is 4.74 Å². The van der Waals surface area contributed by atoms with Crippen LogP contribution in [-0.2, 0) is 16.0 Å². The van der Waals surface area contributed by atoms with Crippen LogP contribution < -0.4 is 0 Å². The summed E-state index contributed by atoms with van der Waals surface area (Å²) in [7, 11) is 0. The number of ketones is 1. The van der Waals surface area contributed by atoms with E-state index in [9.17, 15) is 13.6 Å². The van der Waals surface area contributed by atoms with Crippen molar-refractivity contribution in [1.29, 1.82) is 0 Å². The first kappa shape index (κ1) is 14.3. The Morgan fingerprint density at radius 2 is 2.12 bits per heavy atom. The zero-order chi connectivity index (χ0) is 12.8. The molecular formula is C12H13BrF2O2. The third-order valence-electron chi connectivity index (χ3n) is 2.24. The molecule has 0 saturated carbocycles. The van der Waals surface area contributed by atoms with Gasteiger partial charge in [-0.2, -0.15) is 0 Å². The number of benzene rings is 1. The van der Waals surface area contributed by atoms with Gasteiger partial charge in [-0.3, -0.25) is 4.79 Å². The quantitative estimate of drug-likeness (QED) is 0.595. The van der Waals surface area contributed by atoms with Gasteiger partial charge in [0.05, 0.1) is 11.1 Å². The van der Waals surface area contributed by atoms with Crippen LogP contribution in [-0.4, -0.2) is 19.0 Å². The van der Waals surface area contributed by atoms with Gasteiger partial charge in [0.1, 0.15) is 17.4 Å². The first-order chi connectivity index (χ1) is 8.06. The van der Waals surface area contributed by atoms with Crippen molar-refractivity contribution in [1.82, 2.24) is 0 Å². The van der Waals surface area contributed by atoms with Gasteiger partial charge in [0.25, 0.3) is 0 Å². The lowest BCUT2D eigenvalue weighted by atomic mass is 10.1. The van der Waals surface area contributed by atoms with E-state index in [1.807, 2.05) is 6.92 Å². The fourth-order valence-corrected chi connectivity index (χ4v) is 1.72. The fourth-order valence-electron chi connectivity index (χ4n) is 1.35. The van der Waals surface area contributed by atoms with Crippen molar-refractivity contribution < 1.29 is 18.3 Å². The summed E-state index contributed by atoms with van der Waals surface area (Å²) in [5.74, 6) is -1.65. The van der Waals surface area contributed by atoms with Gasteiger partial charge in [0.15, 0.2) is 0 Å². The predicted octanol–water partition coefficient (Wildman–Crippen LogP) is 3.27. The van der Waals surface area contributed by atoms with E-state index in [0.29, 0.717) is 6.61 Å². The van der Waals surface area contributed by atoms with E-state index in [4.69, 9.17) is 4.74 Å². The maximum Gasteiger partial charge on any atom is 0.143 e. The van der Waals surface area contributed by atoms with E-state index in [2.05, 4.69) is 15.9 Å². The van der Waals surface area contributed by atoms with E-state index in [-0.39, 0.29) is 35.3 Å². The van der Waals surface area contributed by atoms with E-state index in [1.165, 1.54) is 6.07 Å². The molecule has 0 spiro atoms. The van der Waals surface area contributed by atoms with Crippen LogP contribution in [0.4, 0.5) is 8.78 Å². The maximum atomic E-state index is 13.5. The summed E-state index contributed by atoms with van der Waals surface area (Å²) >= 11 is 2.96. The highest BCUT2D eigenvalue weighted by Gasteiger charge is 2.15. The first-order valence-electron chi connectivity index (χ1n) is 5.28. The van der Waals surface area contributed by atoms with Crippen LogP contribution in [0.25, 0.3) is 0 Å². The summed E-state index contributed by atoms with van der Waals surface area (Å²) in [5.41, 5.74) is -0.194. The summed E-state index contributed by atoms with van der Waals surface area (Å²) in [6.07, 6.45) is -0.0799. The molecule has 0 amide bonds. The van der Waals surface area contributed by atoms with Crippen LogP contribution in [0.1, 0.15) is 18.9 Å². The molecule has 94 valence electrons. The number of hydrogen-bond acceptors (Lipinski definition) is 2. The third kappa shape index (κ3) is 4.16. The molecule has 0 heterocycles. The number of carbonyl (C=O) groups is 1. The summed E-state index contributed by atoms with van der Waals surface area (Å²) in [4.78, 5) is 11.5. The second-order valence-electron chi connectivity index (χ2n) is 3.48. The molecule has 0 radical (unpaired) electrons. The molecule has 2 nitrogen and oxygen atoms in total. The van der Waals surface area contributed by atoms with E-state index >= 15 is 0 Å². The van der Waals surface area contributed by atoms with Gasteiger partial charge in [-0.1, -0.05) is 0 Å². The standard InChI is InChI=1S/C12H13BrF2O2/c1-2-17-6-5-8(16)7-9-11(14)4-3-10(13)12(9)15/h3-4H,2,5-7H2,1H3. The molecule has 0 aliphatic rings. The van der Waals surface area contributed by atoms with Crippen molar-refractivity contribution in [3.63, 3.8) is 0 Å². The minimum absolute atomic E-state index is 0.159. The smallest absolute Gasteiger partial charge is 0.143 e. The Morgan fingerprint density at radius 3 is 2.76 bits per heavy atom. The molecule has 1 rings (SSSR count). The lowest BCUT2D eigenvalue weighted by Crippen LogP contribution is -2.10. The molecule has 0 aliphatic carbocycles. The van der Waals surface area contributed by atoms with Crippen molar-refractivity contribution >= 4 is 21.7 Å². The van der Waals surface area contributed by atoms with Gasteiger partial charge in [-0.05, 0) is 35.0 Å². The van der Waals surface area contributed by atoms with E-state index < -0.39 is 11.6 Å². The van der Waals surface area contributed by atoms with Crippen LogP contribution in [0.3, 0.4) is 0 Å². The van der Waals surface area contributed by atoms with Gasteiger partial charge >= 0.3 is 0 Å². The minimum atomic E-state index is -0.713. The fraction of sp³-hybridized carbons (Fsp3) is 0.417. The van der Waals surface area contributed by atoms with E-state index in [0.717, 1.165) is 6.07 Å². The number of hydrogen-bond donors (Lipinski definition) is 0. The third-order valence-corrected chi connectivity index (χ3v) is 2.85. The van der Waals surface area contributed by atoms with Crippen LogP contribution in [0, 0.1) is 11.6 Å². The summed E-state index contributed by atoms with van der Waals surface area (Å²) in [6, 6.07) is 2.41. The lowest BCUT2D eigenvalue weighted by Gasteiger charge is -2.06. The van der Waals surface area contributed by atoms with Crippen LogP contribution in [0.5, 0.6) is 0 Å². The highest BCUT2D eigenvalue weighted by Crippen LogP contribution is 2.22. The number of halogens is 3. The van der Waals surface area contributed by atoms with Gasteiger partial charge in [0.2, 0.25) is 0 Å². The van der Waals surface area contributed by atoms with Gasteiger partial charge in [-0.15, -0.1) is 0 Å². The van der Waals surface area contributed by atoms with Crippen LogP contribution in [0.15, 0.2) is 16.6 Å². The van der Waals surface area contributed by atoms with Crippen molar-refractivity contribution in [3.8, 4) is 0 Å². The second-order valence-corrected chi connectivity index (χ2v) is 4.34. The molecule has 0 bridgehead atoms. The second kappa shape index (κ2) is 6.81. The Hall–Kier alpha value is -0.810. The SMILES string of the molecule is CCOCCC(=O)Cc1c(F)ccc(Br)c1F. The van der Waals surface area contributed by atoms with Crippen molar-refractivity contribution in [2.45, 2.75) is 19.8 Å². The highest BCUT2D eigenvalue weighted by molar-refractivity contribution is 9.10. The lowest BCUT2D eigenvalue weighted by molar-refractivity contribution is -0.119. The molecule has 0 aromatic heterocycles. The zero-order valence-corrected chi connectivity index (χ0v) is 11.0. The van der Waals surface area contributed by atoms with Crippen LogP contribution in [0.2, 0.25) is 0 Å². The Kier molecular flexibility index (Phi) is 5.71.